The maximum atomic E-state index is 4.51. The third kappa shape index (κ3) is 2.29. The fourth-order valence-corrected chi connectivity index (χ4v) is 2.19. The van der Waals surface area contributed by atoms with Crippen molar-refractivity contribution in [2.75, 3.05) is 0 Å². The minimum atomic E-state index is 0.424. The van der Waals surface area contributed by atoms with Crippen molar-refractivity contribution in [2.24, 2.45) is 0 Å². The molecule has 2 rings (SSSR count). The van der Waals surface area contributed by atoms with Crippen molar-refractivity contribution < 1.29 is 0 Å². The van der Waals surface area contributed by atoms with Gasteiger partial charge >= 0.3 is 0 Å². The molecule has 0 bridgehead atoms. The second-order valence-corrected chi connectivity index (χ2v) is 5.32. The number of hydrogen-bond acceptors (Lipinski definition) is 2. The molecule has 2 aromatic heterocycles. The molecule has 0 aliphatic rings. The number of imidazole rings is 1. The highest BCUT2D eigenvalue weighted by molar-refractivity contribution is 9.10. The molecule has 0 atom stereocenters. The molecule has 0 aliphatic heterocycles. The normalized spacial score (nSPS) is 11.4. The quantitative estimate of drug-likeness (QED) is 0.872. The van der Waals surface area contributed by atoms with Crippen LogP contribution in [0.4, 0.5) is 0 Å². The monoisotopic (exact) mass is 296 g/mol. The van der Waals surface area contributed by atoms with Gasteiger partial charge in [-0.05, 0) is 43.6 Å². The van der Waals surface area contributed by atoms with E-state index in [0.717, 1.165) is 22.4 Å². The number of rotatable bonds is 3. The van der Waals surface area contributed by atoms with Crippen LogP contribution in [0.15, 0.2) is 17.0 Å². The highest BCUT2D eigenvalue weighted by Crippen LogP contribution is 2.21. The molecule has 0 amide bonds. The first kappa shape index (κ1) is 12.4. The van der Waals surface area contributed by atoms with E-state index in [4.69, 9.17) is 0 Å². The zero-order valence-electron chi connectivity index (χ0n) is 10.6. The Balaban J connectivity index is 2.32. The Kier molecular flexibility index (Phi) is 3.38. The number of halogens is 1. The van der Waals surface area contributed by atoms with Crippen LogP contribution in [0.5, 0.6) is 0 Å². The van der Waals surface area contributed by atoms with E-state index in [1.54, 1.807) is 0 Å². The molecule has 0 N–H and O–H groups in total. The maximum absolute atomic E-state index is 4.51. The van der Waals surface area contributed by atoms with E-state index >= 15 is 0 Å². The van der Waals surface area contributed by atoms with Crippen molar-refractivity contribution in [3.05, 3.63) is 34.1 Å². The highest BCUT2D eigenvalue weighted by atomic mass is 79.9. The van der Waals surface area contributed by atoms with Crippen LogP contribution in [0, 0.1) is 13.8 Å². The Bertz CT molecular complexity index is 525. The van der Waals surface area contributed by atoms with E-state index in [0.29, 0.717) is 6.04 Å². The van der Waals surface area contributed by atoms with Crippen LogP contribution in [0.1, 0.15) is 37.0 Å². The third-order valence-corrected chi connectivity index (χ3v) is 4.06. The topological polar surface area (TPSA) is 35.6 Å². The fraction of sp³-hybridized carbons (Fsp3) is 0.500. The lowest BCUT2D eigenvalue weighted by Crippen LogP contribution is -2.10. The zero-order chi connectivity index (χ0) is 12.6. The van der Waals surface area contributed by atoms with Crippen molar-refractivity contribution in [3.8, 4) is 0 Å². The van der Waals surface area contributed by atoms with Crippen molar-refractivity contribution in [3.63, 3.8) is 0 Å². The third-order valence-electron chi connectivity index (χ3n) is 2.91. The smallest absolute Gasteiger partial charge is 0.0951 e. The Morgan fingerprint density at radius 3 is 2.59 bits per heavy atom. The van der Waals surface area contributed by atoms with Gasteiger partial charge in [0.1, 0.15) is 0 Å². The predicted molar refractivity (Wildman–Crippen MR) is 71.1 cm³/mol. The molecule has 0 saturated heterocycles. The molecule has 0 unspecified atom stereocenters. The molecule has 0 radical (unpaired) electrons. The van der Waals surface area contributed by atoms with E-state index in [-0.39, 0.29) is 0 Å². The van der Waals surface area contributed by atoms with E-state index in [9.17, 15) is 0 Å². The van der Waals surface area contributed by atoms with Gasteiger partial charge in [0.25, 0.3) is 0 Å². The summed E-state index contributed by atoms with van der Waals surface area (Å²) in [5.41, 5.74) is 3.36. The van der Waals surface area contributed by atoms with Crippen molar-refractivity contribution in [2.45, 2.75) is 40.3 Å². The average molecular weight is 297 g/mol. The Hall–Kier alpha value is -1.10. The maximum Gasteiger partial charge on any atom is 0.0951 e. The minimum absolute atomic E-state index is 0.424. The van der Waals surface area contributed by atoms with E-state index in [1.807, 2.05) is 24.1 Å². The van der Waals surface area contributed by atoms with Crippen molar-refractivity contribution in [1.82, 2.24) is 19.3 Å². The van der Waals surface area contributed by atoms with Gasteiger partial charge in [-0.1, -0.05) is 0 Å². The minimum Gasteiger partial charge on any atom is -0.330 e. The van der Waals surface area contributed by atoms with Gasteiger partial charge in [0, 0.05) is 6.04 Å². The summed E-state index contributed by atoms with van der Waals surface area (Å²) in [6.07, 6.45) is 3.78. The van der Waals surface area contributed by atoms with Gasteiger partial charge < -0.3 is 4.57 Å². The second-order valence-electron chi connectivity index (χ2n) is 4.53. The van der Waals surface area contributed by atoms with Crippen LogP contribution in [0.3, 0.4) is 0 Å². The molecule has 5 heteroatoms. The number of aryl methyl sites for hydroxylation is 1. The Morgan fingerprint density at radius 2 is 2.06 bits per heavy atom. The lowest BCUT2D eigenvalue weighted by molar-refractivity contribution is 0.542. The largest absolute Gasteiger partial charge is 0.330 e. The molecule has 0 spiro atoms. The Labute approximate surface area is 110 Å². The predicted octanol–water partition coefficient (Wildman–Crippen LogP) is 3.09. The SMILES string of the molecule is Cc1nn(Cc2cncn2C(C)C)c(C)c1Br. The van der Waals surface area contributed by atoms with Gasteiger partial charge in [-0.25, -0.2) is 4.98 Å². The summed E-state index contributed by atoms with van der Waals surface area (Å²) in [5.74, 6) is 0. The number of aromatic nitrogens is 4. The van der Waals surface area contributed by atoms with Crippen LogP contribution in [-0.4, -0.2) is 19.3 Å². The van der Waals surface area contributed by atoms with E-state index in [1.165, 1.54) is 5.69 Å². The molecule has 0 saturated carbocycles. The van der Waals surface area contributed by atoms with Gasteiger partial charge in [-0.3, -0.25) is 4.68 Å². The lowest BCUT2D eigenvalue weighted by atomic mass is 10.3. The average Bonchev–Trinajstić information content (AvgIpc) is 2.81. The van der Waals surface area contributed by atoms with Gasteiger partial charge in [0.2, 0.25) is 0 Å². The molecule has 17 heavy (non-hydrogen) atoms. The molecule has 2 heterocycles. The molecular formula is C12H17BrN4. The van der Waals surface area contributed by atoms with Crippen LogP contribution >= 0.6 is 15.9 Å². The number of nitrogens with zero attached hydrogens (tertiary/aromatic N) is 4. The highest BCUT2D eigenvalue weighted by Gasteiger charge is 2.11. The molecule has 0 fully saturated rings. The second kappa shape index (κ2) is 4.64. The molecule has 0 aliphatic carbocycles. The first-order valence-electron chi connectivity index (χ1n) is 5.71. The van der Waals surface area contributed by atoms with Gasteiger partial charge in [0.15, 0.2) is 0 Å². The summed E-state index contributed by atoms with van der Waals surface area (Å²) in [5, 5.41) is 4.51. The first-order chi connectivity index (χ1) is 8.00. The molecular weight excluding hydrogens is 280 g/mol. The van der Waals surface area contributed by atoms with Crippen molar-refractivity contribution >= 4 is 15.9 Å². The Morgan fingerprint density at radius 1 is 1.35 bits per heavy atom. The van der Waals surface area contributed by atoms with E-state index < -0.39 is 0 Å². The molecule has 0 aromatic carbocycles. The number of hydrogen-bond donors (Lipinski definition) is 0. The van der Waals surface area contributed by atoms with E-state index in [2.05, 4.69) is 51.4 Å². The molecule has 2 aromatic rings. The lowest BCUT2D eigenvalue weighted by Gasteiger charge is -2.12. The summed E-state index contributed by atoms with van der Waals surface area (Å²) in [4.78, 5) is 4.21. The van der Waals surface area contributed by atoms with Crippen molar-refractivity contribution in [1.29, 1.82) is 0 Å². The van der Waals surface area contributed by atoms with Gasteiger partial charge in [0.05, 0.1) is 40.6 Å². The zero-order valence-corrected chi connectivity index (χ0v) is 12.2. The van der Waals surface area contributed by atoms with Gasteiger partial charge in [-0.15, -0.1) is 0 Å². The summed E-state index contributed by atoms with van der Waals surface area (Å²) in [7, 11) is 0. The summed E-state index contributed by atoms with van der Waals surface area (Å²) < 4.78 is 5.27. The molecule has 92 valence electrons. The summed E-state index contributed by atoms with van der Waals surface area (Å²) >= 11 is 3.55. The standard InChI is InChI=1S/C12H17BrN4/c1-8(2)16-7-14-5-11(16)6-17-10(4)12(13)9(3)15-17/h5,7-8H,6H2,1-4H3. The first-order valence-corrected chi connectivity index (χ1v) is 6.50. The summed E-state index contributed by atoms with van der Waals surface area (Å²) in [6.45, 7) is 9.15. The van der Waals surface area contributed by atoms with Crippen LogP contribution in [0.25, 0.3) is 0 Å². The molecule has 4 nitrogen and oxygen atoms in total. The van der Waals surface area contributed by atoms with Crippen LogP contribution in [0.2, 0.25) is 0 Å². The summed E-state index contributed by atoms with van der Waals surface area (Å²) in [6, 6.07) is 0.424. The van der Waals surface area contributed by atoms with Gasteiger partial charge in [-0.2, -0.15) is 5.10 Å². The van der Waals surface area contributed by atoms with Crippen LogP contribution < -0.4 is 0 Å². The fourth-order valence-electron chi connectivity index (χ4n) is 1.90. The van der Waals surface area contributed by atoms with Crippen LogP contribution in [-0.2, 0) is 6.54 Å².